The van der Waals surface area contributed by atoms with Crippen LogP contribution in [0.1, 0.15) is 24.6 Å². The molecule has 0 amide bonds. The number of hydrogen-bond acceptors (Lipinski definition) is 5. The number of ether oxygens (including phenoxy) is 1. The average molecular weight is 498 g/mol. The second-order valence-corrected chi connectivity index (χ2v) is 6.72. The molecule has 9 heteroatoms. The molecule has 0 aliphatic carbocycles. The van der Waals surface area contributed by atoms with Crippen LogP contribution >= 0.6 is 47.8 Å². The molecular weight excluding hydrogens is 486 g/mol. The lowest BCUT2D eigenvalue weighted by molar-refractivity contribution is -0.151. The van der Waals surface area contributed by atoms with E-state index < -0.39 is 18.1 Å². The number of benzene rings is 1. The summed E-state index contributed by atoms with van der Waals surface area (Å²) in [5, 5.41) is 14.6. The van der Waals surface area contributed by atoms with E-state index in [0.29, 0.717) is 10.0 Å². The number of aliphatic hydroxyl groups is 1. The van der Waals surface area contributed by atoms with Gasteiger partial charge in [0.2, 0.25) is 0 Å². The van der Waals surface area contributed by atoms with E-state index >= 15 is 0 Å². The van der Waals surface area contributed by atoms with E-state index in [2.05, 4.69) is 57.9 Å². The number of hydrogen-bond donors (Lipinski definition) is 1. The summed E-state index contributed by atoms with van der Waals surface area (Å²) >= 11 is 10.2. The third-order valence-electron chi connectivity index (χ3n) is 2.93. The number of carbonyl (C=O) groups excluding carboxylic acids is 1. The summed E-state index contributed by atoms with van der Waals surface area (Å²) in [6, 6.07) is 2.47. The van der Waals surface area contributed by atoms with E-state index in [1.165, 1.54) is 17.3 Å². The molecule has 0 aliphatic heterocycles. The van der Waals surface area contributed by atoms with Gasteiger partial charge in [0.15, 0.2) is 6.04 Å². The first-order valence-electron chi connectivity index (χ1n) is 6.29. The zero-order valence-corrected chi connectivity index (χ0v) is 16.2. The molecule has 118 valence electrons. The topological polar surface area (TPSA) is 77.2 Å². The molecule has 0 spiro atoms. The monoisotopic (exact) mass is 495 g/mol. The summed E-state index contributed by atoms with van der Waals surface area (Å²) in [5.74, 6) is -0.577. The predicted octanol–water partition coefficient (Wildman–Crippen LogP) is 3.40. The molecule has 2 atom stereocenters. The normalized spacial score (nSPS) is 13.7. The Kier molecular flexibility index (Phi) is 6.13. The lowest BCUT2D eigenvalue weighted by atomic mass is 10.0. The Labute approximate surface area is 152 Å². The van der Waals surface area contributed by atoms with Gasteiger partial charge in [-0.15, -0.1) is 0 Å². The first-order chi connectivity index (χ1) is 10.5. The van der Waals surface area contributed by atoms with Crippen molar-refractivity contribution in [3.63, 3.8) is 0 Å². The number of carbonyl (C=O) groups is 1. The molecule has 0 bridgehead atoms. The van der Waals surface area contributed by atoms with Gasteiger partial charge in [-0.05, 0) is 66.3 Å². The Morgan fingerprint density at radius 3 is 2.68 bits per heavy atom. The molecule has 1 aromatic carbocycles. The van der Waals surface area contributed by atoms with Crippen LogP contribution in [0.4, 0.5) is 0 Å². The van der Waals surface area contributed by atoms with Crippen molar-refractivity contribution in [1.29, 1.82) is 0 Å². The maximum absolute atomic E-state index is 12.2. The van der Waals surface area contributed by atoms with Crippen LogP contribution in [0.5, 0.6) is 0 Å². The van der Waals surface area contributed by atoms with Crippen LogP contribution in [0.2, 0.25) is 0 Å². The van der Waals surface area contributed by atoms with E-state index in [-0.39, 0.29) is 6.61 Å². The van der Waals surface area contributed by atoms with Gasteiger partial charge in [0.05, 0.1) is 6.61 Å². The van der Waals surface area contributed by atoms with E-state index in [4.69, 9.17) is 4.74 Å². The van der Waals surface area contributed by atoms with Crippen LogP contribution in [-0.4, -0.2) is 32.4 Å². The highest BCUT2D eigenvalue weighted by Crippen LogP contribution is 2.39. The largest absolute Gasteiger partial charge is 0.464 e. The second kappa shape index (κ2) is 7.67. The van der Waals surface area contributed by atoms with Gasteiger partial charge in [-0.1, -0.05) is 6.07 Å². The van der Waals surface area contributed by atoms with Gasteiger partial charge >= 0.3 is 5.97 Å². The highest BCUT2D eigenvalue weighted by molar-refractivity contribution is 9.14. The van der Waals surface area contributed by atoms with E-state index in [1.54, 1.807) is 19.1 Å². The van der Waals surface area contributed by atoms with Gasteiger partial charge in [-0.2, -0.15) is 5.10 Å². The van der Waals surface area contributed by atoms with Crippen LogP contribution in [0, 0.1) is 0 Å². The fourth-order valence-corrected chi connectivity index (χ4v) is 3.45. The minimum Gasteiger partial charge on any atom is -0.464 e. The van der Waals surface area contributed by atoms with Crippen LogP contribution in [0.25, 0.3) is 0 Å². The molecule has 22 heavy (non-hydrogen) atoms. The summed E-state index contributed by atoms with van der Waals surface area (Å²) in [6.07, 6.45) is 1.51. The Bertz CT molecular complexity index is 664. The third-order valence-corrected chi connectivity index (χ3v) is 6.34. The molecular formula is C13H12Br3N3O3. The molecule has 0 saturated carbocycles. The molecule has 2 rings (SSSR count). The maximum atomic E-state index is 12.2. The summed E-state index contributed by atoms with van der Waals surface area (Å²) < 4.78 is 8.53. The van der Waals surface area contributed by atoms with Crippen molar-refractivity contribution in [3.8, 4) is 0 Å². The van der Waals surface area contributed by atoms with Crippen molar-refractivity contribution >= 4 is 53.8 Å². The number of halogens is 3. The van der Waals surface area contributed by atoms with Crippen molar-refractivity contribution in [2.24, 2.45) is 0 Å². The lowest BCUT2D eigenvalue weighted by Crippen LogP contribution is -2.28. The predicted molar refractivity (Wildman–Crippen MR) is 90.2 cm³/mol. The van der Waals surface area contributed by atoms with Crippen LogP contribution in [0.15, 0.2) is 38.2 Å². The van der Waals surface area contributed by atoms with Crippen molar-refractivity contribution in [1.82, 2.24) is 14.8 Å². The minimum atomic E-state index is -1.15. The molecule has 1 heterocycles. The smallest absolute Gasteiger partial charge is 0.334 e. The Balaban J connectivity index is 2.44. The molecule has 0 saturated heterocycles. The summed E-state index contributed by atoms with van der Waals surface area (Å²) in [7, 11) is 0. The van der Waals surface area contributed by atoms with Gasteiger partial charge in [0.1, 0.15) is 18.8 Å². The Morgan fingerprint density at radius 1 is 1.36 bits per heavy atom. The highest BCUT2D eigenvalue weighted by atomic mass is 79.9. The second-order valence-electron chi connectivity index (χ2n) is 4.28. The van der Waals surface area contributed by atoms with Gasteiger partial charge in [0.25, 0.3) is 0 Å². The number of rotatable bonds is 5. The summed E-state index contributed by atoms with van der Waals surface area (Å²) in [6.45, 7) is 1.91. The molecule has 1 N–H and O–H groups in total. The first-order valence-corrected chi connectivity index (χ1v) is 8.67. The number of esters is 1. The Morgan fingerprint density at radius 2 is 2.09 bits per heavy atom. The van der Waals surface area contributed by atoms with Gasteiger partial charge in [-0.3, -0.25) is 0 Å². The van der Waals surface area contributed by atoms with Crippen molar-refractivity contribution < 1.29 is 14.6 Å². The quantitative estimate of drug-likeness (QED) is 0.506. The SMILES string of the molecule is CCOC(=O)C(C(O)c1ccc(Br)c(Br)c1Br)n1cncn1. The van der Waals surface area contributed by atoms with E-state index in [0.717, 1.165) is 8.95 Å². The number of nitrogens with zero attached hydrogens (tertiary/aromatic N) is 3. The van der Waals surface area contributed by atoms with Gasteiger partial charge in [-0.25, -0.2) is 14.5 Å². The number of aliphatic hydroxyl groups excluding tert-OH is 1. The standard InChI is InChI=1S/C13H12Br3N3O3/c1-2-22-13(21)11(19-6-17-5-18-19)12(20)7-3-4-8(14)10(16)9(7)15/h3-6,11-12,20H,2H2,1H3. The zero-order valence-electron chi connectivity index (χ0n) is 11.4. The van der Waals surface area contributed by atoms with E-state index in [9.17, 15) is 9.90 Å². The summed E-state index contributed by atoms with van der Waals surface area (Å²) in [5.41, 5.74) is 0.531. The van der Waals surface area contributed by atoms with Gasteiger partial charge in [0, 0.05) is 13.4 Å². The molecule has 6 nitrogen and oxygen atoms in total. The highest BCUT2D eigenvalue weighted by Gasteiger charge is 2.33. The zero-order chi connectivity index (χ0) is 16.3. The van der Waals surface area contributed by atoms with Crippen molar-refractivity contribution in [2.75, 3.05) is 6.61 Å². The van der Waals surface area contributed by atoms with Crippen molar-refractivity contribution in [2.45, 2.75) is 19.1 Å². The lowest BCUT2D eigenvalue weighted by Gasteiger charge is -2.23. The van der Waals surface area contributed by atoms with Gasteiger partial charge < -0.3 is 9.84 Å². The maximum Gasteiger partial charge on any atom is 0.334 e. The first kappa shape index (κ1) is 17.6. The Hall–Kier alpha value is -0.770. The molecule has 0 aliphatic rings. The molecule has 2 unspecified atom stereocenters. The van der Waals surface area contributed by atoms with Crippen molar-refractivity contribution in [3.05, 3.63) is 43.8 Å². The average Bonchev–Trinajstić information content (AvgIpc) is 2.99. The molecule has 0 fully saturated rings. The van der Waals surface area contributed by atoms with Crippen LogP contribution < -0.4 is 0 Å². The fourth-order valence-electron chi connectivity index (χ4n) is 1.91. The molecule has 1 aromatic heterocycles. The molecule has 2 aromatic rings. The minimum absolute atomic E-state index is 0.210. The molecule has 0 radical (unpaired) electrons. The van der Waals surface area contributed by atoms with E-state index in [1.807, 2.05) is 0 Å². The van der Waals surface area contributed by atoms with Crippen LogP contribution in [-0.2, 0) is 9.53 Å². The summed E-state index contributed by atoms with van der Waals surface area (Å²) in [4.78, 5) is 16.0. The fraction of sp³-hybridized carbons (Fsp3) is 0.308. The van der Waals surface area contributed by atoms with Crippen LogP contribution in [0.3, 0.4) is 0 Å². The third kappa shape index (κ3) is 3.58. The number of aromatic nitrogens is 3.